The minimum atomic E-state index is -0.466. The van der Waals surface area contributed by atoms with Crippen molar-refractivity contribution in [1.82, 2.24) is 0 Å². The SMILES string of the molecule is CCC(CC)C(=O)Nc1ccc([N+](=O)[O-])cc1. The molecule has 0 bridgehead atoms. The molecule has 0 spiro atoms. The predicted octanol–water partition coefficient (Wildman–Crippen LogP) is 2.97. The van der Waals surface area contributed by atoms with Crippen LogP contribution in [0.4, 0.5) is 11.4 Å². The summed E-state index contributed by atoms with van der Waals surface area (Å²) in [6.07, 6.45) is 1.57. The van der Waals surface area contributed by atoms with Gasteiger partial charge < -0.3 is 5.32 Å². The monoisotopic (exact) mass is 236 g/mol. The Morgan fingerprint density at radius 2 is 1.82 bits per heavy atom. The summed E-state index contributed by atoms with van der Waals surface area (Å²) < 4.78 is 0. The fourth-order valence-electron chi connectivity index (χ4n) is 1.57. The van der Waals surface area contributed by atoms with Gasteiger partial charge in [0.15, 0.2) is 0 Å². The van der Waals surface area contributed by atoms with E-state index in [1.54, 1.807) is 12.1 Å². The lowest BCUT2D eigenvalue weighted by Crippen LogP contribution is -2.21. The minimum Gasteiger partial charge on any atom is -0.326 e. The highest BCUT2D eigenvalue weighted by molar-refractivity contribution is 5.92. The number of nitro benzene ring substituents is 1. The Morgan fingerprint density at radius 3 is 2.24 bits per heavy atom. The first-order chi connectivity index (χ1) is 8.08. The summed E-state index contributed by atoms with van der Waals surface area (Å²) in [4.78, 5) is 21.7. The summed E-state index contributed by atoms with van der Waals surface area (Å²) in [5, 5.41) is 13.2. The number of amides is 1. The average molecular weight is 236 g/mol. The Bertz CT molecular complexity index is 397. The van der Waals surface area contributed by atoms with Crippen molar-refractivity contribution in [2.24, 2.45) is 5.92 Å². The molecular weight excluding hydrogens is 220 g/mol. The molecule has 0 aromatic heterocycles. The first-order valence-corrected chi connectivity index (χ1v) is 5.63. The van der Waals surface area contributed by atoms with Gasteiger partial charge in [0.05, 0.1) is 4.92 Å². The molecule has 0 atom stereocenters. The molecule has 0 saturated carbocycles. The molecule has 1 aromatic rings. The number of nitrogens with zero attached hydrogens (tertiary/aromatic N) is 1. The Kier molecular flexibility index (Phi) is 4.63. The fourth-order valence-corrected chi connectivity index (χ4v) is 1.57. The molecule has 1 aromatic carbocycles. The van der Waals surface area contributed by atoms with Crippen LogP contribution in [0.15, 0.2) is 24.3 Å². The van der Waals surface area contributed by atoms with Crippen LogP contribution in [0, 0.1) is 16.0 Å². The van der Waals surface area contributed by atoms with Gasteiger partial charge in [-0.2, -0.15) is 0 Å². The van der Waals surface area contributed by atoms with E-state index in [0.717, 1.165) is 12.8 Å². The first kappa shape index (κ1) is 13.2. The summed E-state index contributed by atoms with van der Waals surface area (Å²) in [6, 6.07) is 5.84. The molecule has 0 aliphatic heterocycles. The van der Waals surface area contributed by atoms with Gasteiger partial charge in [-0.05, 0) is 25.0 Å². The van der Waals surface area contributed by atoms with Gasteiger partial charge in [0.1, 0.15) is 0 Å². The van der Waals surface area contributed by atoms with E-state index in [-0.39, 0.29) is 17.5 Å². The standard InChI is InChI=1S/C12H16N2O3/c1-3-9(4-2)12(15)13-10-5-7-11(8-6-10)14(16)17/h5-9H,3-4H2,1-2H3,(H,13,15). The molecule has 0 aliphatic carbocycles. The van der Waals surface area contributed by atoms with Gasteiger partial charge in [0.25, 0.3) is 5.69 Å². The zero-order chi connectivity index (χ0) is 12.8. The normalized spacial score (nSPS) is 10.3. The third-order valence-electron chi connectivity index (χ3n) is 2.70. The van der Waals surface area contributed by atoms with E-state index in [2.05, 4.69) is 5.32 Å². The number of carbonyl (C=O) groups excluding carboxylic acids is 1. The predicted molar refractivity (Wildman–Crippen MR) is 65.8 cm³/mol. The highest BCUT2D eigenvalue weighted by Crippen LogP contribution is 2.17. The van der Waals surface area contributed by atoms with Gasteiger partial charge in [-0.3, -0.25) is 14.9 Å². The highest BCUT2D eigenvalue weighted by Gasteiger charge is 2.14. The molecular formula is C12H16N2O3. The fraction of sp³-hybridized carbons (Fsp3) is 0.417. The lowest BCUT2D eigenvalue weighted by atomic mass is 10.0. The zero-order valence-electron chi connectivity index (χ0n) is 9.97. The number of hydrogen-bond acceptors (Lipinski definition) is 3. The van der Waals surface area contributed by atoms with Gasteiger partial charge in [0, 0.05) is 23.7 Å². The molecule has 1 N–H and O–H groups in total. The van der Waals surface area contributed by atoms with Crippen LogP contribution >= 0.6 is 0 Å². The third kappa shape index (κ3) is 3.55. The second-order valence-corrected chi connectivity index (χ2v) is 3.81. The number of rotatable bonds is 5. The number of nitrogens with one attached hydrogen (secondary N) is 1. The van der Waals surface area contributed by atoms with Crippen LogP contribution in [0.1, 0.15) is 26.7 Å². The number of benzene rings is 1. The maximum absolute atomic E-state index is 11.7. The number of nitro groups is 1. The van der Waals surface area contributed by atoms with Gasteiger partial charge in [-0.1, -0.05) is 13.8 Å². The van der Waals surface area contributed by atoms with Crippen LogP contribution in [0.2, 0.25) is 0 Å². The molecule has 0 heterocycles. The van der Waals surface area contributed by atoms with Crippen molar-refractivity contribution >= 4 is 17.3 Å². The van der Waals surface area contributed by atoms with Crippen LogP contribution < -0.4 is 5.32 Å². The van der Waals surface area contributed by atoms with E-state index in [1.807, 2.05) is 13.8 Å². The number of carbonyl (C=O) groups is 1. The lowest BCUT2D eigenvalue weighted by molar-refractivity contribution is -0.384. The molecule has 0 unspecified atom stereocenters. The smallest absolute Gasteiger partial charge is 0.269 e. The van der Waals surface area contributed by atoms with E-state index < -0.39 is 4.92 Å². The molecule has 17 heavy (non-hydrogen) atoms. The van der Waals surface area contributed by atoms with Gasteiger partial charge in [-0.25, -0.2) is 0 Å². The first-order valence-electron chi connectivity index (χ1n) is 5.63. The quantitative estimate of drug-likeness (QED) is 0.631. The minimum absolute atomic E-state index is 0.00908. The lowest BCUT2D eigenvalue weighted by Gasteiger charge is -2.12. The molecule has 0 fully saturated rings. The molecule has 0 saturated heterocycles. The largest absolute Gasteiger partial charge is 0.326 e. The Labute approximate surface area is 100.0 Å². The molecule has 1 rings (SSSR count). The van der Waals surface area contributed by atoms with E-state index >= 15 is 0 Å². The van der Waals surface area contributed by atoms with E-state index in [0.29, 0.717) is 5.69 Å². The molecule has 5 nitrogen and oxygen atoms in total. The van der Waals surface area contributed by atoms with Crippen molar-refractivity contribution < 1.29 is 9.72 Å². The summed E-state index contributed by atoms with van der Waals surface area (Å²) in [5.74, 6) is -0.0472. The number of hydrogen-bond donors (Lipinski definition) is 1. The average Bonchev–Trinajstić information content (AvgIpc) is 2.31. The van der Waals surface area contributed by atoms with Gasteiger partial charge in [-0.15, -0.1) is 0 Å². The van der Waals surface area contributed by atoms with Crippen molar-refractivity contribution in [1.29, 1.82) is 0 Å². The van der Waals surface area contributed by atoms with Crippen molar-refractivity contribution in [3.63, 3.8) is 0 Å². The maximum Gasteiger partial charge on any atom is 0.269 e. The Hall–Kier alpha value is -1.91. The molecule has 1 amide bonds. The maximum atomic E-state index is 11.7. The van der Waals surface area contributed by atoms with Crippen LogP contribution in [-0.2, 0) is 4.79 Å². The topological polar surface area (TPSA) is 72.2 Å². The molecule has 92 valence electrons. The summed E-state index contributed by atoms with van der Waals surface area (Å²) in [7, 11) is 0. The van der Waals surface area contributed by atoms with E-state index in [1.165, 1.54) is 12.1 Å². The van der Waals surface area contributed by atoms with E-state index in [4.69, 9.17) is 0 Å². The van der Waals surface area contributed by atoms with Crippen LogP contribution in [0.5, 0.6) is 0 Å². The van der Waals surface area contributed by atoms with Crippen molar-refractivity contribution in [3.05, 3.63) is 34.4 Å². The molecule has 0 radical (unpaired) electrons. The molecule has 0 aliphatic rings. The number of non-ortho nitro benzene ring substituents is 1. The second-order valence-electron chi connectivity index (χ2n) is 3.81. The summed E-state index contributed by atoms with van der Waals surface area (Å²) in [6.45, 7) is 3.92. The Balaban J connectivity index is 2.69. The van der Waals surface area contributed by atoms with Gasteiger partial charge >= 0.3 is 0 Å². The Morgan fingerprint density at radius 1 is 1.29 bits per heavy atom. The molecule has 5 heteroatoms. The zero-order valence-corrected chi connectivity index (χ0v) is 9.97. The summed E-state index contributed by atoms with van der Waals surface area (Å²) in [5.41, 5.74) is 0.609. The summed E-state index contributed by atoms with van der Waals surface area (Å²) >= 11 is 0. The van der Waals surface area contributed by atoms with E-state index in [9.17, 15) is 14.9 Å². The third-order valence-corrected chi connectivity index (χ3v) is 2.70. The van der Waals surface area contributed by atoms with Crippen LogP contribution in [0.25, 0.3) is 0 Å². The van der Waals surface area contributed by atoms with Crippen LogP contribution in [-0.4, -0.2) is 10.8 Å². The van der Waals surface area contributed by atoms with Crippen molar-refractivity contribution in [2.75, 3.05) is 5.32 Å². The van der Waals surface area contributed by atoms with Crippen molar-refractivity contribution in [3.8, 4) is 0 Å². The highest BCUT2D eigenvalue weighted by atomic mass is 16.6. The number of anilines is 1. The second kappa shape index (κ2) is 5.98. The van der Waals surface area contributed by atoms with Crippen LogP contribution in [0.3, 0.4) is 0 Å². The van der Waals surface area contributed by atoms with Gasteiger partial charge in [0.2, 0.25) is 5.91 Å². The van der Waals surface area contributed by atoms with Crippen molar-refractivity contribution in [2.45, 2.75) is 26.7 Å².